The lowest BCUT2D eigenvalue weighted by atomic mass is 10.1. The Kier molecular flexibility index (Phi) is 6.03. The molecule has 2 N–H and O–H groups in total. The Morgan fingerprint density at radius 2 is 1.69 bits per heavy atom. The molecule has 0 saturated heterocycles. The van der Waals surface area contributed by atoms with Crippen LogP contribution in [0.1, 0.15) is 23.0 Å². The molecule has 3 rings (SSSR count). The lowest BCUT2D eigenvalue weighted by Gasteiger charge is -2.09. The van der Waals surface area contributed by atoms with Crippen molar-refractivity contribution in [3.63, 3.8) is 0 Å². The van der Waals surface area contributed by atoms with E-state index in [1.165, 1.54) is 6.92 Å². The van der Waals surface area contributed by atoms with E-state index in [0.717, 1.165) is 0 Å². The lowest BCUT2D eigenvalue weighted by molar-refractivity contribution is -0.119. The Labute approximate surface area is 166 Å². The molecule has 0 spiro atoms. The number of ether oxygens (including phenoxy) is 1. The fourth-order valence-corrected chi connectivity index (χ4v) is 2.68. The molecule has 29 heavy (non-hydrogen) atoms. The number of hydrogen-bond donors (Lipinski definition) is 2. The van der Waals surface area contributed by atoms with Crippen LogP contribution in [0.2, 0.25) is 0 Å². The van der Waals surface area contributed by atoms with Crippen LogP contribution >= 0.6 is 0 Å². The fourth-order valence-electron chi connectivity index (χ4n) is 2.68. The minimum atomic E-state index is -0.704. The fraction of sp³-hybridized carbons (Fsp3) is 0.143. The molecule has 0 radical (unpaired) electrons. The summed E-state index contributed by atoms with van der Waals surface area (Å²) < 4.78 is 10.3. The first-order valence-electron chi connectivity index (χ1n) is 8.80. The molecule has 1 aromatic heterocycles. The Morgan fingerprint density at radius 3 is 2.38 bits per heavy atom. The van der Waals surface area contributed by atoms with Crippen molar-refractivity contribution < 1.29 is 23.6 Å². The highest BCUT2D eigenvalue weighted by Gasteiger charge is 2.23. The van der Waals surface area contributed by atoms with E-state index in [-0.39, 0.29) is 11.5 Å². The van der Waals surface area contributed by atoms with Gasteiger partial charge >= 0.3 is 5.97 Å². The first kappa shape index (κ1) is 19.8. The third-order valence-electron chi connectivity index (χ3n) is 3.92. The van der Waals surface area contributed by atoms with Gasteiger partial charge < -0.3 is 19.9 Å². The molecule has 1 heterocycles. The maximum atomic E-state index is 12.5. The highest BCUT2D eigenvalue weighted by molar-refractivity contribution is 5.99. The van der Waals surface area contributed by atoms with Gasteiger partial charge in [-0.3, -0.25) is 9.59 Å². The van der Waals surface area contributed by atoms with Gasteiger partial charge in [0, 0.05) is 23.9 Å². The summed E-state index contributed by atoms with van der Waals surface area (Å²) in [6.45, 7) is 2.51. The van der Waals surface area contributed by atoms with Gasteiger partial charge in [0.25, 0.3) is 5.91 Å². The van der Waals surface area contributed by atoms with E-state index in [2.05, 4.69) is 15.8 Å². The molecule has 2 amide bonds. The van der Waals surface area contributed by atoms with Crippen molar-refractivity contribution >= 4 is 29.2 Å². The van der Waals surface area contributed by atoms with Gasteiger partial charge in [0.05, 0.1) is 0 Å². The number of esters is 1. The summed E-state index contributed by atoms with van der Waals surface area (Å²) in [6.07, 6.45) is 0. The molecular weight excluding hydrogens is 374 g/mol. The third kappa shape index (κ3) is 5.07. The second kappa shape index (κ2) is 8.83. The van der Waals surface area contributed by atoms with Crippen LogP contribution in [0.25, 0.3) is 11.3 Å². The molecule has 0 unspecified atom stereocenters. The van der Waals surface area contributed by atoms with Crippen molar-refractivity contribution in [2.75, 3.05) is 17.2 Å². The quantitative estimate of drug-likeness (QED) is 0.621. The predicted octanol–water partition coefficient (Wildman–Crippen LogP) is 3.40. The highest BCUT2D eigenvalue weighted by Crippen LogP contribution is 2.25. The normalized spacial score (nSPS) is 10.3. The van der Waals surface area contributed by atoms with Crippen LogP contribution in [-0.2, 0) is 14.3 Å². The first-order chi connectivity index (χ1) is 13.9. The maximum absolute atomic E-state index is 12.5. The Hall–Kier alpha value is -3.94. The van der Waals surface area contributed by atoms with Crippen molar-refractivity contribution in [2.45, 2.75) is 13.8 Å². The number of carbonyl (C=O) groups excluding carboxylic acids is 3. The van der Waals surface area contributed by atoms with E-state index >= 15 is 0 Å². The molecule has 0 bridgehead atoms. The Morgan fingerprint density at radius 1 is 1.00 bits per heavy atom. The largest absolute Gasteiger partial charge is 0.452 e. The minimum absolute atomic E-state index is 0.177. The average molecular weight is 393 g/mol. The zero-order valence-corrected chi connectivity index (χ0v) is 15.9. The zero-order chi connectivity index (χ0) is 20.8. The lowest BCUT2D eigenvalue weighted by Crippen LogP contribution is -2.21. The average Bonchev–Trinajstić information content (AvgIpc) is 3.08. The van der Waals surface area contributed by atoms with E-state index in [1.54, 1.807) is 43.3 Å². The molecule has 0 atom stereocenters. The number of aromatic nitrogens is 1. The number of rotatable bonds is 6. The van der Waals surface area contributed by atoms with E-state index in [4.69, 9.17) is 9.26 Å². The first-order valence-corrected chi connectivity index (χ1v) is 8.80. The summed E-state index contributed by atoms with van der Waals surface area (Å²) in [6, 6.07) is 15.7. The van der Waals surface area contributed by atoms with Crippen LogP contribution in [0.4, 0.5) is 11.4 Å². The van der Waals surface area contributed by atoms with E-state index in [1.807, 2.05) is 18.2 Å². The van der Waals surface area contributed by atoms with Crippen molar-refractivity contribution in [1.82, 2.24) is 5.16 Å². The van der Waals surface area contributed by atoms with Crippen molar-refractivity contribution in [1.29, 1.82) is 0 Å². The van der Waals surface area contributed by atoms with Gasteiger partial charge in [0.15, 0.2) is 6.61 Å². The smallest absolute Gasteiger partial charge is 0.344 e. The van der Waals surface area contributed by atoms with Gasteiger partial charge in [-0.1, -0.05) is 41.6 Å². The summed E-state index contributed by atoms with van der Waals surface area (Å²) in [5.74, 6) is -1.14. The number of anilines is 2. The second-order valence-electron chi connectivity index (χ2n) is 6.21. The molecule has 2 aromatic carbocycles. The number of nitrogens with one attached hydrogen (secondary N) is 2. The van der Waals surface area contributed by atoms with Crippen LogP contribution in [0.15, 0.2) is 59.1 Å². The molecule has 148 valence electrons. The number of nitrogens with zero attached hydrogens (tertiary/aromatic N) is 1. The van der Waals surface area contributed by atoms with Crippen LogP contribution < -0.4 is 10.6 Å². The summed E-state index contributed by atoms with van der Waals surface area (Å²) in [5, 5.41) is 9.16. The minimum Gasteiger partial charge on any atom is -0.452 e. The SMILES string of the molecule is CC(=O)Nc1cccc(NC(=O)COC(=O)c2c(-c3ccccc3)noc2C)c1. The van der Waals surface area contributed by atoms with E-state index in [0.29, 0.717) is 28.4 Å². The molecule has 0 fully saturated rings. The van der Waals surface area contributed by atoms with Gasteiger partial charge in [-0.2, -0.15) is 0 Å². The van der Waals surface area contributed by atoms with Gasteiger partial charge in [-0.15, -0.1) is 0 Å². The molecule has 0 aliphatic carbocycles. The van der Waals surface area contributed by atoms with Crippen LogP contribution in [0.5, 0.6) is 0 Å². The molecule has 3 aromatic rings. The number of amides is 2. The number of carbonyl (C=O) groups is 3. The predicted molar refractivity (Wildman–Crippen MR) is 106 cm³/mol. The number of benzene rings is 2. The highest BCUT2D eigenvalue weighted by atomic mass is 16.5. The Balaban J connectivity index is 1.64. The Bertz CT molecular complexity index is 1040. The summed E-state index contributed by atoms with van der Waals surface area (Å²) in [4.78, 5) is 35.8. The topological polar surface area (TPSA) is 111 Å². The standard InChI is InChI=1S/C21H19N3O5/c1-13-19(20(24-29-13)15-7-4-3-5-8-15)21(27)28-12-18(26)23-17-10-6-9-16(11-17)22-14(2)25/h3-11H,12H2,1-2H3,(H,22,25)(H,23,26). The van der Waals surface area contributed by atoms with Gasteiger partial charge in [-0.05, 0) is 25.1 Å². The zero-order valence-electron chi connectivity index (χ0n) is 15.9. The molecular formula is C21H19N3O5. The van der Waals surface area contributed by atoms with Crippen molar-refractivity contribution in [3.05, 3.63) is 65.9 Å². The maximum Gasteiger partial charge on any atom is 0.344 e. The van der Waals surface area contributed by atoms with Gasteiger partial charge in [0.1, 0.15) is 17.0 Å². The third-order valence-corrected chi connectivity index (χ3v) is 3.92. The number of hydrogen-bond acceptors (Lipinski definition) is 6. The molecule has 8 heteroatoms. The monoisotopic (exact) mass is 393 g/mol. The van der Waals surface area contributed by atoms with Gasteiger partial charge in [0.2, 0.25) is 5.91 Å². The van der Waals surface area contributed by atoms with E-state index in [9.17, 15) is 14.4 Å². The summed E-state index contributed by atoms with van der Waals surface area (Å²) >= 11 is 0. The summed E-state index contributed by atoms with van der Waals surface area (Å²) in [5.41, 5.74) is 2.24. The van der Waals surface area contributed by atoms with Crippen LogP contribution in [0, 0.1) is 6.92 Å². The molecule has 0 saturated carbocycles. The van der Waals surface area contributed by atoms with Crippen molar-refractivity contribution in [2.24, 2.45) is 0 Å². The molecule has 0 aliphatic rings. The summed E-state index contributed by atoms with van der Waals surface area (Å²) in [7, 11) is 0. The van der Waals surface area contributed by atoms with E-state index < -0.39 is 18.5 Å². The van der Waals surface area contributed by atoms with Crippen LogP contribution in [0.3, 0.4) is 0 Å². The van der Waals surface area contributed by atoms with Gasteiger partial charge in [-0.25, -0.2) is 4.79 Å². The molecule has 0 aliphatic heterocycles. The van der Waals surface area contributed by atoms with Crippen LogP contribution in [-0.4, -0.2) is 29.5 Å². The number of aryl methyl sites for hydroxylation is 1. The second-order valence-corrected chi connectivity index (χ2v) is 6.21. The molecule has 8 nitrogen and oxygen atoms in total. The van der Waals surface area contributed by atoms with Crippen molar-refractivity contribution in [3.8, 4) is 11.3 Å².